The number of rotatable bonds is 6. The number of ketones is 1. The van der Waals surface area contributed by atoms with Crippen molar-refractivity contribution in [3.05, 3.63) is 12.7 Å². The Morgan fingerprint density at radius 2 is 1.71 bits per heavy atom. The molecular formula is C13H24AlO3. The maximum absolute atomic E-state index is 10.5. The molecule has 0 aliphatic heterocycles. The van der Waals surface area contributed by atoms with Gasteiger partial charge in [0.25, 0.3) is 0 Å². The van der Waals surface area contributed by atoms with Crippen molar-refractivity contribution in [1.29, 1.82) is 0 Å². The minimum Gasteiger partial charge on any atom is -0.461 e. The van der Waals surface area contributed by atoms with Crippen molar-refractivity contribution in [3.8, 4) is 0 Å². The smallest absolute Gasteiger partial charge is 0.313 e. The molecule has 0 heterocycles. The Balaban J connectivity index is 0. The van der Waals surface area contributed by atoms with Gasteiger partial charge in [0, 0.05) is 0 Å². The molecule has 0 aliphatic rings. The van der Waals surface area contributed by atoms with Crippen LogP contribution in [0.1, 0.15) is 41.0 Å². The molecule has 0 saturated heterocycles. The maximum Gasteiger partial charge on any atom is 0.313 e. The number of hydrogen-bond donors (Lipinski definition) is 0. The minimum absolute atomic E-state index is 0.145. The van der Waals surface area contributed by atoms with Gasteiger partial charge in [0.05, 0.1) is 0 Å². The summed E-state index contributed by atoms with van der Waals surface area (Å²) in [6.45, 7) is 14.1. The zero-order chi connectivity index (χ0) is 13.8. The van der Waals surface area contributed by atoms with Crippen LogP contribution in [0.4, 0.5) is 0 Å². The number of esters is 1. The van der Waals surface area contributed by atoms with Crippen molar-refractivity contribution in [3.63, 3.8) is 0 Å². The highest BCUT2D eigenvalue weighted by Crippen LogP contribution is 2.07. The summed E-state index contributed by atoms with van der Waals surface area (Å²) in [6, 6.07) is 0. The molecule has 0 saturated carbocycles. The predicted molar refractivity (Wildman–Crippen MR) is 72.4 cm³/mol. The molecule has 0 unspecified atom stereocenters. The lowest BCUT2D eigenvalue weighted by Crippen LogP contribution is -2.08. The van der Waals surface area contributed by atoms with Crippen LogP contribution in [0.2, 0.25) is 9.56 Å². The van der Waals surface area contributed by atoms with E-state index in [1.807, 2.05) is 0 Å². The topological polar surface area (TPSA) is 43.4 Å². The summed E-state index contributed by atoms with van der Waals surface area (Å²) >= 11 is 0.713. The van der Waals surface area contributed by atoms with Crippen LogP contribution in [0.15, 0.2) is 12.7 Å². The van der Waals surface area contributed by atoms with E-state index in [1.54, 1.807) is 0 Å². The van der Waals surface area contributed by atoms with Crippen LogP contribution in [-0.2, 0) is 14.3 Å². The quantitative estimate of drug-likeness (QED) is 0.317. The second-order valence-electron chi connectivity index (χ2n) is 4.53. The molecular weight excluding hydrogens is 231 g/mol. The van der Waals surface area contributed by atoms with Crippen molar-refractivity contribution >= 4 is 27.0 Å². The fourth-order valence-electron chi connectivity index (χ4n) is 1.18. The van der Waals surface area contributed by atoms with Crippen molar-refractivity contribution in [1.82, 2.24) is 0 Å². The van der Waals surface area contributed by atoms with E-state index >= 15 is 0 Å². The van der Waals surface area contributed by atoms with Gasteiger partial charge in [-0.3, -0.25) is 9.59 Å². The van der Waals surface area contributed by atoms with Gasteiger partial charge in [0.2, 0.25) is 15.2 Å². The van der Waals surface area contributed by atoms with Crippen molar-refractivity contribution in [2.45, 2.75) is 50.6 Å². The first-order valence-electron chi connectivity index (χ1n) is 5.90. The van der Waals surface area contributed by atoms with Gasteiger partial charge >= 0.3 is 5.97 Å². The van der Waals surface area contributed by atoms with E-state index in [0.29, 0.717) is 15.2 Å². The van der Waals surface area contributed by atoms with Crippen LogP contribution in [-0.4, -0.2) is 33.6 Å². The second kappa shape index (κ2) is 11.9. The van der Waals surface area contributed by atoms with E-state index in [0.717, 1.165) is 9.56 Å². The lowest BCUT2D eigenvalue weighted by atomic mass is 10.3. The number of carbonyl (C=O) groups excluding carboxylic acids is 2. The number of ether oxygens (including phenoxy) is 1. The van der Waals surface area contributed by atoms with Crippen molar-refractivity contribution < 1.29 is 14.3 Å². The van der Waals surface area contributed by atoms with E-state index < -0.39 is 5.97 Å². The minimum atomic E-state index is -0.493. The molecule has 17 heavy (non-hydrogen) atoms. The largest absolute Gasteiger partial charge is 0.461 e. The monoisotopic (exact) mass is 255 g/mol. The van der Waals surface area contributed by atoms with Gasteiger partial charge in [-0.1, -0.05) is 49.9 Å². The highest BCUT2D eigenvalue weighted by atomic mass is 27.1. The summed E-state index contributed by atoms with van der Waals surface area (Å²) in [5.74, 6) is -0.679. The average molecular weight is 255 g/mol. The van der Waals surface area contributed by atoms with E-state index in [2.05, 4.69) is 39.0 Å². The lowest BCUT2D eigenvalue weighted by Gasteiger charge is -2.02. The number of hydrogen-bond acceptors (Lipinski definition) is 3. The zero-order valence-corrected chi connectivity index (χ0v) is 12.8. The first-order chi connectivity index (χ1) is 7.79. The first-order valence-corrected chi connectivity index (χ1v) is 7.23. The van der Waals surface area contributed by atoms with Crippen LogP contribution in [0.25, 0.3) is 0 Å². The average Bonchev–Trinajstić information content (AvgIpc) is 2.12. The van der Waals surface area contributed by atoms with Gasteiger partial charge in [0.1, 0.15) is 18.8 Å². The molecule has 0 bridgehead atoms. The van der Waals surface area contributed by atoms with E-state index in [9.17, 15) is 9.59 Å². The molecule has 0 amide bonds. The lowest BCUT2D eigenvalue weighted by molar-refractivity contribution is -0.144. The van der Waals surface area contributed by atoms with Crippen molar-refractivity contribution in [2.24, 2.45) is 0 Å². The third-order valence-electron chi connectivity index (χ3n) is 1.53. The molecule has 0 atom stereocenters. The van der Waals surface area contributed by atoms with Gasteiger partial charge in [-0.2, -0.15) is 0 Å². The third kappa shape index (κ3) is 21.3. The molecule has 97 valence electrons. The zero-order valence-electron chi connectivity index (χ0n) is 11.7. The van der Waals surface area contributed by atoms with Gasteiger partial charge in [-0.05, 0) is 6.92 Å². The summed E-state index contributed by atoms with van der Waals surface area (Å²) in [5.41, 5.74) is 0. The van der Waals surface area contributed by atoms with Crippen LogP contribution in [0.3, 0.4) is 0 Å². The Bertz CT molecular complexity index is 229. The molecule has 1 radical (unpaired) electrons. The fourth-order valence-corrected chi connectivity index (χ4v) is 2.72. The molecule has 0 rings (SSSR count). The Morgan fingerprint density at radius 1 is 1.24 bits per heavy atom. The molecule has 0 aliphatic carbocycles. The second-order valence-corrected chi connectivity index (χ2v) is 7.58. The molecule has 0 aromatic heterocycles. The number of carbonyl (C=O) groups is 2. The van der Waals surface area contributed by atoms with Gasteiger partial charge in [-0.25, -0.2) is 0 Å². The molecule has 0 aromatic rings. The third-order valence-corrected chi connectivity index (χ3v) is 3.06. The highest BCUT2D eigenvalue weighted by Gasteiger charge is 2.03. The Morgan fingerprint density at radius 3 is 1.94 bits per heavy atom. The summed E-state index contributed by atoms with van der Waals surface area (Å²) in [7, 11) is 0. The Labute approximate surface area is 111 Å². The summed E-state index contributed by atoms with van der Waals surface area (Å²) in [4.78, 5) is 20.8. The normalized spacial score (nSPS) is 9.35. The fraction of sp³-hybridized carbons (Fsp3) is 0.692. The molecule has 0 fully saturated rings. The van der Waals surface area contributed by atoms with Crippen LogP contribution < -0.4 is 0 Å². The summed E-state index contributed by atoms with van der Waals surface area (Å²) in [6.07, 6.45) is 1.31. The van der Waals surface area contributed by atoms with Crippen LogP contribution in [0.5, 0.6) is 0 Å². The predicted octanol–water partition coefficient (Wildman–Crippen LogP) is 3.04. The van der Waals surface area contributed by atoms with Gasteiger partial charge in [-0.15, -0.1) is 0 Å². The molecule has 4 heteroatoms. The Kier molecular flexibility index (Phi) is 13.1. The van der Waals surface area contributed by atoms with E-state index in [4.69, 9.17) is 0 Å². The first kappa shape index (κ1) is 18.8. The molecule has 0 spiro atoms. The van der Waals surface area contributed by atoms with Gasteiger partial charge < -0.3 is 4.74 Å². The van der Waals surface area contributed by atoms with Crippen molar-refractivity contribution in [2.75, 3.05) is 6.61 Å². The summed E-state index contributed by atoms with van der Waals surface area (Å²) in [5, 5.41) is 0. The summed E-state index contributed by atoms with van der Waals surface area (Å²) < 4.78 is 6.44. The Hall–Kier alpha value is -0.588. The maximum atomic E-state index is 10.5. The SMILES string of the molecule is C=CCOC(=O)CC(C)=O.C[CH](C)[Al][CH](C)C. The van der Waals surface area contributed by atoms with Crippen LogP contribution >= 0.6 is 0 Å². The van der Waals surface area contributed by atoms with Gasteiger partial charge in [0.15, 0.2) is 0 Å². The number of Topliss-reactive ketones (excluding diaryl/α,β-unsaturated/α-hetero) is 1. The van der Waals surface area contributed by atoms with Crippen LogP contribution in [0, 0.1) is 0 Å². The van der Waals surface area contributed by atoms with E-state index in [-0.39, 0.29) is 18.8 Å². The standard InChI is InChI=1S/C7H10O3.2C3H7.Al/c1-3-4-10-7(9)5-6(2)8;2*1-3-2;/h3H,1,4-5H2,2H3;2*3H,1-2H3;. The highest BCUT2D eigenvalue weighted by molar-refractivity contribution is 6.38. The molecule has 0 aromatic carbocycles. The molecule has 0 N–H and O–H groups in total. The van der Waals surface area contributed by atoms with E-state index in [1.165, 1.54) is 13.0 Å². The molecule has 3 nitrogen and oxygen atoms in total.